The SMILES string of the molecule is Cc1ccc(C(C)Nc2ncnc3c2ncn3C2OC(CC=O)C(O)C2O)cc1. The Morgan fingerprint density at radius 1 is 1.21 bits per heavy atom. The van der Waals surface area contributed by atoms with Crippen molar-refractivity contribution in [2.75, 3.05) is 5.32 Å². The van der Waals surface area contributed by atoms with Gasteiger partial charge in [-0.25, -0.2) is 15.0 Å². The Morgan fingerprint density at radius 3 is 2.69 bits per heavy atom. The fourth-order valence-electron chi connectivity index (χ4n) is 3.54. The Bertz CT molecular complexity index is 1010. The molecule has 152 valence electrons. The summed E-state index contributed by atoms with van der Waals surface area (Å²) in [4.78, 5) is 23.8. The molecule has 3 aromatic rings. The van der Waals surface area contributed by atoms with Gasteiger partial charge in [0.25, 0.3) is 0 Å². The molecule has 0 spiro atoms. The van der Waals surface area contributed by atoms with Gasteiger partial charge < -0.3 is 25.1 Å². The van der Waals surface area contributed by atoms with Gasteiger partial charge in [-0.1, -0.05) is 29.8 Å². The average molecular weight is 397 g/mol. The lowest BCUT2D eigenvalue weighted by molar-refractivity contribution is -0.112. The number of aldehydes is 1. The molecular weight excluding hydrogens is 374 g/mol. The van der Waals surface area contributed by atoms with Crippen molar-refractivity contribution in [1.82, 2.24) is 19.5 Å². The maximum absolute atomic E-state index is 10.8. The topological polar surface area (TPSA) is 122 Å². The van der Waals surface area contributed by atoms with Crippen LogP contribution in [0.15, 0.2) is 36.9 Å². The highest BCUT2D eigenvalue weighted by Crippen LogP contribution is 2.33. The van der Waals surface area contributed by atoms with E-state index in [9.17, 15) is 15.0 Å². The van der Waals surface area contributed by atoms with Gasteiger partial charge in [0.05, 0.1) is 18.5 Å². The first-order valence-electron chi connectivity index (χ1n) is 9.45. The number of nitrogens with one attached hydrogen (secondary N) is 1. The summed E-state index contributed by atoms with van der Waals surface area (Å²) < 4.78 is 7.24. The van der Waals surface area contributed by atoms with Crippen LogP contribution in [0.5, 0.6) is 0 Å². The normalized spacial score (nSPS) is 25.2. The van der Waals surface area contributed by atoms with Crippen molar-refractivity contribution in [3.05, 3.63) is 48.0 Å². The van der Waals surface area contributed by atoms with E-state index < -0.39 is 24.5 Å². The van der Waals surface area contributed by atoms with Crippen LogP contribution in [-0.2, 0) is 9.53 Å². The number of carbonyl (C=O) groups is 1. The molecule has 1 aliphatic heterocycles. The molecule has 3 heterocycles. The van der Waals surface area contributed by atoms with E-state index in [4.69, 9.17) is 4.74 Å². The Kier molecular flexibility index (Phi) is 5.27. The summed E-state index contributed by atoms with van der Waals surface area (Å²) in [5.41, 5.74) is 3.28. The molecule has 1 aliphatic rings. The van der Waals surface area contributed by atoms with Gasteiger partial charge >= 0.3 is 0 Å². The van der Waals surface area contributed by atoms with Gasteiger partial charge in [0.2, 0.25) is 0 Å². The van der Waals surface area contributed by atoms with Gasteiger partial charge in [0.15, 0.2) is 23.2 Å². The van der Waals surface area contributed by atoms with E-state index in [1.165, 1.54) is 18.2 Å². The number of fused-ring (bicyclic) bond motifs is 1. The Labute approximate surface area is 167 Å². The lowest BCUT2D eigenvalue weighted by Crippen LogP contribution is -2.31. The first kappa shape index (κ1) is 19.4. The van der Waals surface area contributed by atoms with E-state index in [-0.39, 0.29) is 12.5 Å². The van der Waals surface area contributed by atoms with Gasteiger partial charge in [-0.05, 0) is 19.4 Å². The quantitative estimate of drug-likeness (QED) is 0.535. The van der Waals surface area contributed by atoms with E-state index in [2.05, 4.69) is 44.5 Å². The molecule has 9 heteroatoms. The van der Waals surface area contributed by atoms with Gasteiger partial charge in [0.1, 0.15) is 24.8 Å². The summed E-state index contributed by atoms with van der Waals surface area (Å²) in [6, 6.07) is 8.21. The van der Waals surface area contributed by atoms with E-state index >= 15 is 0 Å². The lowest BCUT2D eigenvalue weighted by Gasteiger charge is -2.17. The summed E-state index contributed by atoms with van der Waals surface area (Å²) in [5.74, 6) is 0.555. The summed E-state index contributed by atoms with van der Waals surface area (Å²) >= 11 is 0. The van der Waals surface area contributed by atoms with Crippen molar-refractivity contribution in [2.45, 2.75) is 50.8 Å². The minimum absolute atomic E-state index is 0.00277. The number of aromatic nitrogens is 4. The number of aryl methyl sites for hydroxylation is 1. The maximum Gasteiger partial charge on any atom is 0.167 e. The summed E-state index contributed by atoms with van der Waals surface area (Å²) in [6.07, 6.45) is -0.471. The van der Waals surface area contributed by atoms with Gasteiger partial charge in [-0.15, -0.1) is 0 Å². The van der Waals surface area contributed by atoms with Crippen LogP contribution in [0.25, 0.3) is 11.2 Å². The van der Waals surface area contributed by atoms with Gasteiger partial charge in [-0.2, -0.15) is 0 Å². The number of nitrogens with zero attached hydrogens (tertiary/aromatic N) is 4. The number of hydrogen-bond donors (Lipinski definition) is 3. The predicted molar refractivity (Wildman–Crippen MR) is 105 cm³/mol. The molecule has 0 aliphatic carbocycles. The summed E-state index contributed by atoms with van der Waals surface area (Å²) in [7, 11) is 0. The molecular formula is C20H23N5O4. The van der Waals surface area contributed by atoms with Crippen LogP contribution in [0.2, 0.25) is 0 Å². The zero-order valence-electron chi connectivity index (χ0n) is 16.1. The minimum Gasteiger partial charge on any atom is -0.388 e. The van der Waals surface area contributed by atoms with Crippen LogP contribution in [-0.4, -0.2) is 54.3 Å². The van der Waals surface area contributed by atoms with Crippen LogP contribution in [0.1, 0.15) is 36.7 Å². The lowest BCUT2D eigenvalue weighted by atomic mass is 10.1. The zero-order valence-corrected chi connectivity index (χ0v) is 16.1. The maximum atomic E-state index is 10.8. The van der Waals surface area contributed by atoms with Crippen LogP contribution in [0, 0.1) is 6.92 Å². The largest absolute Gasteiger partial charge is 0.388 e. The Hall–Kier alpha value is -2.88. The Morgan fingerprint density at radius 2 is 1.97 bits per heavy atom. The molecule has 0 bridgehead atoms. The van der Waals surface area contributed by atoms with Crippen molar-refractivity contribution in [1.29, 1.82) is 0 Å². The molecule has 0 radical (unpaired) electrons. The number of hydrogen-bond acceptors (Lipinski definition) is 8. The molecule has 0 amide bonds. The van der Waals surface area contributed by atoms with Crippen LogP contribution in [0.3, 0.4) is 0 Å². The first-order chi connectivity index (χ1) is 14.0. The number of ether oxygens (including phenoxy) is 1. The van der Waals surface area contributed by atoms with E-state index in [1.807, 2.05) is 13.8 Å². The second kappa shape index (κ2) is 7.86. The molecule has 5 unspecified atom stereocenters. The fourth-order valence-corrected chi connectivity index (χ4v) is 3.54. The predicted octanol–water partition coefficient (Wildman–Crippen LogP) is 1.52. The number of benzene rings is 1. The number of rotatable bonds is 6. The molecule has 4 rings (SSSR count). The molecule has 1 aromatic carbocycles. The van der Waals surface area contributed by atoms with Crippen molar-refractivity contribution < 1.29 is 19.7 Å². The molecule has 9 nitrogen and oxygen atoms in total. The third kappa shape index (κ3) is 3.59. The zero-order chi connectivity index (χ0) is 20.5. The third-order valence-corrected chi connectivity index (χ3v) is 5.23. The molecule has 29 heavy (non-hydrogen) atoms. The van der Waals surface area contributed by atoms with Crippen molar-refractivity contribution in [3.8, 4) is 0 Å². The number of anilines is 1. The second-order valence-electron chi connectivity index (χ2n) is 7.27. The fraction of sp³-hybridized carbons (Fsp3) is 0.400. The standard InChI is InChI=1S/C20H23N5O4/c1-11-3-5-13(6-4-11)12(2)24-18-15-19(22-9-21-18)25(10-23-15)20-17(28)16(27)14(29-20)7-8-26/h3-6,8-10,12,14,16-17,20,27-28H,7H2,1-2H3,(H,21,22,24). The van der Waals surface area contributed by atoms with Crippen LogP contribution in [0.4, 0.5) is 5.82 Å². The number of aliphatic hydroxyl groups is 2. The third-order valence-electron chi connectivity index (χ3n) is 5.23. The Balaban J connectivity index is 1.62. The molecule has 1 fully saturated rings. The number of aliphatic hydroxyl groups excluding tert-OH is 2. The van der Waals surface area contributed by atoms with E-state index in [0.717, 1.165) is 5.56 Å². The minimum atomic E-state index is -1.20. The molecule has 1 saturated heterocycles. The molecule has 5 atom stereocenters. The highest BCUT2D eigenvalue weighted by molar-refractivity contribution is 5.82. The monoisotopic (exact) mass is 397 g/mol. The smallest absolute Gasteiger partial charge is 0.167 e. The number of imidazole rings is 1. The average Bonchev–Trinajstić information content (AvgIpc) is 3.26. The van der Waals surface area contributed by atoms with Gasteiger partial charge in [-0.3, -0.25) is 4.57 Å². The highest BCUT2D eigenvalue weighted by Gasteiger charge is 2.44. The summed E-state index contributed by atoms with van der Waals surface area (Å²) in [6.45, 7) is 4.07. The van der Waals surface area contributed by atoms with Crippen LogP contribution < -0.4 is 5.32 Å². The molecule has 3 N–H and O–H groups in total. The van der Waals surface area contributed by atoms with E-state index in [0.29, 0.717) is 23.3 Å². The molecule has 2 aromatic heterocycles. The number of carbonyl (C=O) groups excluding carboxylic acids is 1. The first-order valence-corrected chi connectivity index (χ1v) is 9.45. The highest BCUT2D eigenvalue weighted by atomic mass is 16.6. The summed E-state index contributed by atoms with van der Waals surface area (Å²) in [5, 5.41) is 23.9. The molecule has 0 saturated carbocycles. The second-order valence-corrected chi connectivity index (χ2v) is 7.27. The van der Waals surface area contributed by atoms with E-state index in [1.54, 1.807) is 4.57 Å². The van der Waals surface area contributed by atoms with Crippen LogP contribution >= 0.6 is 0 Å². The van der Waals surface area contributed by atoms with Crippen molar-refractivity contribution in [2.24, 2.45) is 0 Å². The van der Waals surface area contributed by atoms with Gasteiger partial charge in [0, 0.05) is 6.42 Å². The van der Waals surface area contributed by atoms with Crippen molar-refractivity contribution >= 4 is 23.3 Å². The van der Waals surface area contributed by atoms with Crippen molar-refractivity contribution in [3.63, 3.8) is 0 Å².